The highest BCUT2D eigenvalue weighted by molar-refractivity contribution is 5.89. The lowest BCUT2D eigenvalue weighted by Gasteiger charge is -2.10. The largest absolute Gasteiger partial charge is 0.435 e. The smallest absolute Gasteiger partial charge is 0.248 e. The van der Waals surface area contributed by atoms with Gasteiger partial charge in [-0.3, -0.25) is 0 Å². The second kappa shape index (κ2) is 7.80. The molecule has 2 aromatic carbocycles. The first-order valence-electron chi connectivity index (χ1n) is 8.71. The molecule has 4 aromatic rings. The summed E-state index contributed by atoms with van der Waals surface area (Å²) in [6.45, 7) is 4.00. The van der Waals surface area contributed by atoms with E-state index in [2.05, 4.69) is 10.1 Å². The van der Waals surface area contributed by atoms with Crippen molar-refractivity contribution in [3.63, 3.8) is 0 Å². The van der Waals surface area contributed by atoms with Crippen LogP contribution in [-0.2, 0) is 6.18 Å². The van der Waals surface area contributed by atoms with Gasteiger partial charge in [0.25, 0.3) is 0 Å². The Kier molecular flexibility index (Phi) is 5.44. The Morgan fingerprint density at radius 2 is 1.57 bits per heavy atom. The molecule has 0 N–H and O–H groups in total. The maximum atomic E-state index is 13.2. The lowest BCUT2D eigenvalue weighted by Crippen LogP contribution is -2.07. The van der Waals surface area contributed by atoms with Crippen LogP contribution in [0.2, 0.25) is 0 Å². The third kappa shape index (κ3) is 3.88. The van der Waals surface area contributed by atoms with Gasteiger partial charge in [0, 0.05) is 17.1 Å². The fraction of sp³-hybridized carbons (Fsp3) is 0.143. The second-order valence-corrected chi connectivity index (χ2v) is 5.69. The van der Waals surface area contributed by atoms with Crippen molar-refractivity contribution in [2.24, 2.45) is 0 Å². The van der Waals surface area contributed by atoms with Crippen LogP contribution in [0.1, 0.15) is 19.5 Å². The van der Waals surface area contributed by atoms with E-state index < -0.39 is 11.9 Å². The third-order valence-electron chi connectivity index (χ3n) is 3.96. The van der Waals surface area contributed by atoms with E-state index in [0.29, 0.717) is 27.8 Å². The van der Waals surface area contributed by atoms with Crippen molar-refractivity contribution in [3.05, 3.63) is 78.4 Å². The fourth-order valence-corrected chi connectivity index (χ4v) is 2.72. The lowest BCUT2D eigenvalue weighted by molar-refractivity contribution is -0.141. The van der Waals surface area contributed by atoms with E-state index >= 15 is 0 Å². The molecule has 0 spiro atoms. The average molecular weight is 387 g/mol. The van der Waals surface area contributed by atoms with E-state index in [1.165, 1.54) is 23.0 Å². The molecule has 7 heteroatoms. The van der Waals surface area contributed by atoms with Crippen molar-refractivity contribution >= 4 is 10.9 Å². The summed E-state index contributed by atoms with van der Waals surface area (Å²) in [5.41, 5.74) is 1.27. The lowest BCUT2D eigenvalue weighted by atomic mass is 10.1. The first-order valence-corrected chi connectivity index (χ1v) is 8.71. The van der Waals surface area contributed by atoms with Gasteiger partial charge >= 0.3 is 6.18 Å². The molecule has 0 radical (unpaired) electrons. The van der Waals surface area contributed by atoms with Gasteiger partial charge in [-0.2, -0.15) is 18.3 Å². The van der Waals surface area contributed by atoms with E-state index in [9.17, 15) is 17.6 Å². The Morgan fingerprint density at radius 1 is 0.893 bits per heavy atom. The summed E-state index contributed by atoms with van der Waals surface area (Å²) >= 11 is 0. The molecule has 3 nitrogen and oxygen atoms in total. The zero-order valence-corrected chi connectivity index (χ0v) is 15.2. The van der Waals surface area contributed by atoms with Gasteiger partial charge in [-0.05, 0) is 42.5 Å². The number of rotatable bonds is 2. The normalized spacial score (nSPS) is 11.2. The summed E-state index contributed by atoms with van der Waals surface area (Å²) < 4.78 is 53.0. The minimum atomic E-state index is -4.52. The molecule has 4 rings (SSSR count). The van der Waals surface area contributed by atoms with Gasteiger partial charge in [0.1, 0.15) is 5.82 Å². The van der Waals surface area contributed by atoms with Crippen LogP contribution in [0.4, 0.5) is 17.6 Å². The predicted molar refractivity (Wildman–Crippen MR) is 101 cm³/mol. The summed E-state index contributed by atoms with van der Waals surface area (Å²) in [6, 6.07) is 15.4. The van der Waals surface area contributed by atoms with Gasteiger partial charge < -0.3 is 0 Å². The minimum Gasteiger partial charge on any atom is -0.248 e. The topological polar surface area (TPSA) is 30.7 Å². The van der Waals surface area contributed by atoms with Crippen molar-refractivity contribution in [2.75, 3.05) is 0 Å². The Hall–Kier alpha value is -3.22. The molecular weight excluding hydrogens is 370 g/mol. The number of nitrogens with zero attached hydrogens (tertiary/aromatic N) is 3. The van der Waals surface area contributed by atoms with Gasteiger partial charge in [-0.25, -0.2) is 14.1 Å². The highest BCUT2D eigenvalue weighted by Gasteiger charge is 2.33. The maximum absolute atomic E-state index is 13.2. The van der Waals surface area contributed by atoms with E-state index in [1.807, 2.05) is 13.8 Å². The maximum Gasteiger partial charge on any atom is 0.435 e. The fourth-order valence-electron chi connectivity index (χ4n) is 2.72. The standard InChI is InChI=1S/C19H11F4N3.C2H6/c20-13-7-5-12(6-8-13)16-11-17(14-3-1-2-4-15(14)24-16)26-10-9-18(25-26)19(21,22)23;1-2/h1-11H;1-2H3. The molecule has 0 aliphatic carbocycles. The summed E-state index contributed by atoms with van der Waals surface area (Å²) in [5, 5.41) is 4.32. The van der Waals surface area contributed by atoms with Crippen LogP contribution < -0.4 is 0 Å². The molecule has 0 saturated heterocycles. The summed E-state index contributed by atoms with van der Waals surface area (Å²) in [7, 11) is 0. The number of aromatic nitrogens is 3. The molecule has 2 aromatic heterocycles. The predicted octanol–water partition coefficient (Wildman–Crippen LogP) is 6.27. The Balaban J connectivity index is 0.00000109. The number of benzene rings is 2. The third-order valence-corrected chi connectivity index (χ3v) is 3.96. The average Bonchev–Trinajstić information content (AvgIpc) is 3.20. The first-order chi connectivity index (χ1) is 13.4. The Bertz CT molecular complexity index is 1080. The molecule has 144 valence electrons. The van der Waals surface area contributed by atoms with Gasteiger partial charge in [0.2, 0.25) is 0 Å². The minimum absolute atomic E-state index is 0.378. The highest BCUT2D eigenvalue weighted by atomic mass is 19.4. The van der Waals surface area contributed by atoms with Gasteiger partial charge in [0.15, 0.2) is 5.69 Å². The number of alkyl halides is 3. The number of para-hydroxylation sites is 1. The van der Waals surface area contributed by atoms with Crippen LogP contribution in [-0.4, -0.2) is 14.8 Å². The van der Waals surface area contributed by atoms with Crippen LogP contribution in [0, 0.1) is 5.82 Å². The quantitative estimate of drug-likeness (QED) is 0.380. The van der Waals surface area contributed by atoms with Crippen molar-refractivity contribution in [1.82, 2.24) is 14.8 Å². The molecule has 28 heavy (non-hydrogen) atoms. The highest BCUT2D eigenvalue weighted by Crippen LogP contribution is 2.30. The SMILES string of the molecule is CC.Fc1ccc(-c2cc(-n3ccc(C(F)(F)F)n3)c3ccccc3n2)cc1. The van der Waals surface area contributed by atoms with E-state index in [4.69, 9.17) is 0 Å². The van der Waals surface area contributed by atoms with Crippen LogP contribution in [0.5, 0.6) is 0 Å². The van der Waals surface area contributed by atoms with Gasteiger partial charge in [0.05, 0.1) is 16.9 Å². The molecule has 0 atom stereocenters. The zero-order valence-electron chi connectivity index (χ0n) is 15.2. The van der Waals surface area contributed by atoms with Crippen molar-refractivity contribution in [1.29, 1.82) is 0 Å². The molecule has 2 heterocycles. The number of fused-ring (bicyclic) bond motifs is 1. The number of halogens is 4. The summed E-state index contributed by atoms with van der Waals surface area (Å²) in [5.74, 6) is -0.378. The molecule has 0 saturated carbocycles. The Labute approximate surface area is 159 Å². The molecule has 0 fully saturated rings. The molecule has 0 aliphatic heterocycles. The van der Waals surface area contributed by atoms with Crippen LogP contribution in [0.25, 0.3) is 27.8 Å². The van der Waals surface area contributed by atoms with Gasteiger partial charge in [-0.1, -0.05) is 32.0 Å². The van der Waals surface area contributed by atoms with Crippen molar-refractivity contribution in [2.45, 2.75) is 20.0 Å². The summed E-state index contributed by atoms with van der Waals surface area (Å²) in [4.78, 5) is 4.53. The molecule has 0 amide bonds. The molecule has 0 aliphatic rings. The second-order valence-electron chi connectivity index (χ2n) is 5.69. The first kappa shape index (κ1) is 19.5. The molecule has 0 unspecified atom stereocenters. The monoisotopic (exact) mass is 387 g/mol. The number of hydrogen-bond donors (Lipinski definition) is 0. The molecular formula is C21H17F4N3. The number of hydrogen-bond acceptors (Lipinski definition) is 2. The number of pyridine rings is 1. The van der Waals surface area contributed by atoms with E-state index in [-0.39, 0.29) is 5.82 Å². The van der Waals surface area contributed by atoms with Crippen LogP contribution in [0.15, 0.2) is 66.9 Å². The summed E-state index contributed by atoms with van der Waals surface area (Å²) in [6.07, 6.45) is -3.26. The van der Waals surface area contributed by atoms with Crippen LogP contribution in [0.3, 0.4) is 0 Å². The van der Waals surface area contributed by atoms with Crippen molar-refractivity contribution in [3.8, 4) is 16.9 Å². The van der Waals surface area contributed by atoms with E-state index in [0.717, 1.165) is 6.07 Å². The van der Waals surface area contributed by atoms with E-state index in [1.54, 1.807) is 42.5 Å². The zero-order chi connectivity index (χ0) is 20.3. The van der Waals surface area contributed by atoms with Gasteiger partial charge in [-0.15, -0.1) is 0 Å². The van der Waals surface area contributed by atoms with Crippen LogP contribution >= 0.6 is 0 Å². The Morgan fingerprint density at radius 3 is 2.21 bits per heavy atom. The van der Waals surface area contributed by atoms with Crippen molar-refractivity contribution < 1.29 is 17.6 Å². The molecule has 0 bridgehead atoms.